The molecule has 0 spiro atoms. The van der Waals surface area contributed by atoms with Crippen molar-refractivity contribution < 1.29 is 4.79 Å². The van der Waals surface area contributed by atoms with Gasteiger partial charge in [0, 0.05) is 33.9 Å². The van der Waals surface area contributed by atoms with Gasteiger partial charge in [0.15, 0.2) is 0 Å². The second kappa shape index (κ2) is 8.50. The summed E-state index contributed by atoms with van der Waals surface area (Å²) in [6.07, 6.45) is 0.885. The van der Waals surface area contributed by atoms with Crippen molar-refractivity contribution in [3.05, 3.63) is 75.9 Å². The van der Waals surface area contributed by atoms with E-state index in [2.05, 4.69) is 9.88 Å². The first-order chi connectivity index (χ1) is 15.5. The van der Waals surface area contributed by atoms with Crippen molar-refractivity contribution in [2.45, 2.75) is 6.42 Å². The largest absolute Gasteiger partial charge is 0.321 e. The Balaban J connectivity index is 1.59. The van der Waals surface area contributed by atoms with Crippen LogP contribution in [0.3, 0.4) is 0 Å². The zero-order valence-corrected chi connectivity index (χ0v) is 19.6. The zero-order valence-electron chi connectivity index (χ0n) is 17.9. The van der Waals surface area contributed by atoms with Gasteiger partial charge in [0.1, 0.15) is 4.70 Å². The van der Waals surface area contributed by atoms with Crippen LogP contribution in [0.2, 0.25) is 0 Å². The lowest BCUT2D eigenvalue weighted by atomic mass is 10.1. The number of fused-ring (bicyclic) bond motifs is 5. The van der Waals surface area contributed by atoms with E-state index in [4.69, 9.17) is 0 Å². The van der Waals surface area contributed by atoms with Gasteiger partial charge in [-0.1, -0.05) is 36.4 Å². The monoisotopic (exact) mass is 461 g/mol. The second-order valence-electron chi connectivity index (χ2n) is 8.07. The van der Waals surface area contributed by atoms with Crippen LogP contribution in [0.5, 0.6) is 0 Å². The Bertz CT molecular complexity index is 1480. The molecule has 5 nitrogen and oxygen atoms in total. The van der Waals surface area contributed by atoms with Crippen LogP contribution in [0.15, 0.2) is 65.5 Å². The summed E-state index contributed by atoms with van der Waals surface area (Å²) in [5, 5.41) is 2.94. The van der Waals surface area contributed by atoms with Crippen LogP contribution in [-0.2, 0) is 0 Å². The standard InChI is InChI=1S/C25H23N3O2S2/c1-27(2)13-8-14-28(16-9-4-3-5-10-16)24(30)20-15-18-21-17-11-6-7-12-19(17)26-23(29)22(21)32-25(18)31-20/h3-7,9-12,15H,8,13-14H2,1-2H3,(H,26,29). The number of amides is 1. The van der Waals surface area contributed by atoms with E-state index >= 15 is 0 Å². The number of hydrogen-bond acceptors (Lipinski definition) is 5. The first kappa shape index (κ1) is 20.9. The number of thiophene rings is 2. The van der Waals surface area contributed by atoms with E-state index in [9.17, 15) is 9.59 Å². The summed E-state index contributed by atoms with van der Waals surface area (Å²) in [7, 11) is 4.08. The maximum absolute atomic E-state index is 13.6. The summed E-state index contributed by atoms with van der Waals surface area (Å²) in [4.78, 5) is 33.9. The average molecular weight is 462 g/mol. The number of nitrogens with one attached hydrogen (secondary N) is 1. The molecule has 0 saturated heterocycles. The van der Waals surface area contributed by atoms with Crippen molar-refractivity contribution in [3.8, 4) is 0 Å². The van der Waals surface area contributed by atoms with Gasteiger partial charge in [-0.15, -0.1) is 22.7 Å². The molecular formula is C25H23N3O2S2. The number of pyridine rings is 1. The minimum absolute atomic E-state index is 0.00523. The Labute approximate surface area is 193 Å². The number of para-hydroxylation sites is 2. The zero-order chi connectivity index (χ0) is 22.2. The van der Waals surface area contributed by atoms with Crippen LogP contribution in [0, 0.1) is 0 Å². The second-order valence-corrected chi connectivity index (χ2v) is 10.4. The van der Waals surface area contributed by atoms with E-state index in [0.717, 1.165) is 49.0 Å². The molecule has 1 N–H and O–H groups in total. The van der Waals surface area contributed by atoms with Crippen molar-refractivity contribution in [1.29, 1.82) is 0 Å². The fraction of sp³-hybridized carbons (Fsp3) is 0.200. The van der Waals surface area contributed by atoms with Crippen LogP contribution < -0.4 is 10.5 Å². The molecule has 162 valence electrons. The van der Waals surface area contributed by atoms with Crippen molar-refractivity contribution in [2.75, 3.05) is 32.1 Å². The van der Waals surface area contributed by atoms with Gasteiger partial charge in [-0.05, 0) is 51.3 Å². The highest BCUT2D eigenvalue weighted by molar-refractivity contribution is 7.42. The lowest BCUT2D eigenvalue weighted by Crippen LogP contribution is -2.33. The van der Waals surface area contributed by atoms with Gasteiger partial charge in [0.2, 0.25) is 0 Å². The molecule has 1 amide bonds. The number of aromatic nitrogens is 1. The Morgan fingerprint density at radius 1 is 0.938 bits per heavy atom. The molecule has 0 atom stereocenters. The molecular weight excluding hydrogens is 438 g/mol. The van der Waals surface area contributed by atoms with Crippen molar-refractivity contribution in [3.63, 3.8) is 0 Å². The fourth-order valence-corrected chi connectivity index (χ4v) is 6.50. The number of hydrogen-bond donors (Lipinski definition) is 1. The Hall–Kier alpha value is -3.00. The molecule has 0 saturated carbocycles. The first-order valence-electron chi connectivity index (χ1n) is 10.5. The van der Waals surface area contributed by atoms with Crippen LogP contribution in [-0.4, -0.2) is 43.0 Å². The molecule has 0 aliphatic carbocycles. The average Bonchev–Trinajstić information content (AvgIpc) is 3.36. The normalized spacial score (nSPS) is 11.7. The van der Waals surface area contributed by atoms with Gasteiger partial charge in [-0.25, -0.2) is 0 Å². The Morgan fingerprint density at radius 3 is 2.47 bits per heavy atom. The molecule has 0 fully saturated rings. The molecule has 5 rings (SSSR count). The van der Waals surface area contributed by atoms with Gasteiger partial charge in [0.05, 0.1) is 8.89 Å². The highest BCUT2D eigenvalue weighted by Crippen LogP contribution is 2.41. The topological polar surface area (TPSA) is 56.4 Å². The number of carbonyl (C=O) groups is 1. The van der Waals surface area contributed by atoms with E-state index in [1.54, 1.807) is 0 Å². The van der Waals surface area contributed by atoms with E-state index in [1.165, 1.54) is 22.7 Å². The van der Waals surface area contributed by atoms with Crippen molar-refractivity contribution >= 4 is 64.7 Å². The highest BCUT2D eigenvalue weighted by Gasteiger charge is 2.22. The lowest BCUT2D eigenvalue weighted by Gasteiger charge is -2.23. The maximum atomic E-state index is 13.6. The summed E-state index contributed by atoms with van der Waals surface area (Å²) < 4.78 is 1.72. The van der Waals surface area contributed by atoms with E-state index < -0.39 is 0 Å². The van der Waals surface area contributed by atoms with Gasteiger partial charge < -0.3 is 14.8 Å². The van der Waals surface area contributed by atoms with Crippen LogP contribution in [0.25, 0.3) is 30.4 Å². The highest BCUT2D eigenvalue weighted by atomic mass is 32.2. The number of anilines is 1. The van der Waals surface area contributed by atoms with E-state index in [0.29, 0.717) is 11.4 Å². The summed E-state index contributed by atoms with van der Waals surface area (Å²) >= 11 is 2.94. The number of aromatic amines is 1. The minimum Gasteiger partial charge on any atom is -0.321 e. The van der Waals surface area contributed by atoms with Crippen LogP contribution in [0.4, 0.5) is 5.69 Å². The van der Waals surface area contributed by atoms with Crippen molar-refractivity contribution in [1.82, 2.24) is 9.88 Å². The van der Waals surface area contributed by atoms with Crippen molar-refractivity contribution in [2.24, 2.45) is 0 Å². The number of carbonyl (C=O) groups excluding carboxylic acids is 1. The Morgan fingerprint density at radius 2 is 1.69 bits per heavy atom. The predicted molar refractivity (Wildman–Crippen MR) is 137 cm³/mol. The fourth-order valence-electron chi connectivity index (χ4n) is 4.05. The van der Waals surface area contributed by atoms with Crippen LogP contribution in [0.1, 0.15) is 16.1 Å². The number of rotatable bonds is 6. The SMILES string of the molecule is CN(C)CCCN(C(=O)c1cc2c(s1)sc1c(=O)[nH]c3ccccc3c12)c1ccccc1. The van der Waals surface area contributed by atoms with E-state index in [-0.39, 0.29) is 11.5 Å². The molecule has 0 aliphatic rings. The molecule has 0 unspecified atom stereocenters. The summed E-state index contributed by atoms with van der Waals surface area (Å²) in [6.45, 7) is 1.56. The van der Waals surface area contributed by atoms with Gasteiger partial charge in [0.25, 0.3) is 11.5 Å². The minimum atomic E-state index is -0.0745. The molecule has 0 bridgehead atoms. The predicted octanol–water partition coefficient (Wildman–Crippen LogP) is 5.56. The Kier molecular flexibility index (Phi) is 5.55. The maximum Gasteiger partial charge on any atom is 0.268 e. The summed E-state index contributed by atoms with van der Waals surface area (Å²) in [6, 6.07) is 19.6. The quantitative estimate of drug-likeness (QED) is 0.360. The van der Waals surface area contributed by atoms with Gasteiger partial charge in [-0.3, -0.25) is 9.59 Å². The summed E-state index contributed by atoms with van der Waals surface area (Å²) in [5.74, 6) is 0.00523. The molecule has 3 aromatic heterocycles. The molecule has 0 radical (unpaired) electrons. The number of benzene rings is 2. The molecule has 7 heteroatoms. The smallest absolute Gasteiger partial charge is 0.268 e. The molecule has 2 aromatic carbocycles. The molecule has 5 aromatic rings. The number of nitrogens with zero attached hydrogens (tertiary/aromatic N) is 2. The lowest BCUT2D eigenvalue weighted by molar-refractivity contribution is 0.0990. The van der Waals surface area contributed by atoms with E-state index in [1.807, 2.05) is 79.7 Å². The van der Waals surface area contributed by atoms with Gasteiger partial charge in [-0.2, -0.15) is 0 Å². The molecule has 32 heavy (non-hydrogen) atoms. The number of H-pyrrole nitrogens is 1. The summed E-state index contributed by atoms with van der Waals surface area (Å²) in [5.41, 5.74) is 1.65. The molecule has 3 heterocycles. The first-order valence-corrected chi connectivity index (χ1v) is 12.1. The third kappa shape index (κ3) is 3.72. The third-order valence-corrected chi connectivity index (χ3v) is 7.97. The molecule has 0 aliphatic heterocycles. The van der Waals surface area contributed by atoms with Gasteiger partial charge >= 0.3 is 0 Å². The third-order valence-electron chi connectivity index (χ3n) is 5.55. The van der Waals surface area contributed by atoms with Crippen LogP contribution >= 0.6 is 22.7 Å².